The molecule has 0 aliphatic heterocycles. The van der Waals surface area contributed by atoms with E-state index >= 15 is 0 Å². The molecule has 16 heavy (non-hydrogen) atoms. The normalized spacial score (nSPS) is 13.5. The van der Waals surface area contributed by atoms with Gasteiger partial charge in [-0.05, 0) is 26.3 Å². The van der Waals surface area contributed by atoms with E-state index < -0.39 is 15.1 Å². The Morgan fingerprint density at radius 2 is 1.94 bits per heavy atom. The standard InChI is InChI=1S/C10H22N2O3S/c1-4-7-12(8-5-6-11)10(13)9(2)16(3,14)15/h9H,4-8,11H2,1-3H3. The Labute approximate surface area is 97.9 Å². The molecule has 2 N–H and O–H groups in total. The summed E-state index contributed by atoms with van der Waals surface area (Å²) in [6.45, 7) is 5.00. The van der Waals surface area contributed by atoms with E-state index in [1.807, 2.05) is 6.92 Å². The second kappa shape index (κ2) is 6.85. The summed E-state index contributed by atoms with van der Waals surface area (Å²) in [5.74, 6) is -0.321. The Morgan fingerprint density at radius 3 is 2.31 bits per heavy atom. The average Bonchev–Trinajstić information content (AvgIpc) is 2.20. The maximum Gasteiger partial charge on any atom is 0.240 e. The van der Waals surface area contributed by atoms with Crippen molar-refractivity contribution in [3.63, 3.8) is 0 Å². The van der Waals surface area contributed by atoms with Crippen molar-refractivity contribution in [2.45, 2.75) is 31.9 Å². The first-order valence-electron chi connectivity index (χ1n) is 5.52. The van der Waals surface area contributed by atoms with E-state index in [1.165, 1.54) is 6.92 Å². The molecule has 0 spiro atoms. The molecule has 0 rings (SSSR count). The molecular formula is C10H22N2O3S. The minimum atomic E-state index is -3.31. The highest BCUT2D eigenvalue weighted by Gasteiger charge is 2.27. The Kier molecular flexibility index (Phi) is 6.59. The quantitative estimate of drug-likeness (QED) is 0.690. The predicted molar refractivity (Wildman–Crippen MR) is 64.8 cm³/mol. The summed E-state index contributed by atoms with van der Waals surface area (Å²) in [7, 11) is -3.31. The third kappa shape index (κ3) is 4.94. The van der Waals surface area contributed by atoms with Gasteiger partial charge in [0.2, 0.25) is 5.91 Å². The molecule has 0 radical (unpaired) electrons. The minimum Gasteiger partial charge on any atom is -0.342 e. The minimum absolute atomic E-state index is 0.321. The smallest absolute Gasteiger partial charge is 0.240 e. The number of sulfone groups is 1. The molecule has 0 aromatic carbocycles. The summed E-state index contributed by atoms with van der Waals surface area (Å²) >= 11 is 0. The van der Waals surface area contributed by atoms with Gasteiger partial charge in [-0.3, -0.25) is 4.79 Å². The maximum absolute atomic E-state index is 11.9. The molecule has 1 atom stereocenters. The van der Waals surface area contributed by atoms with Crippen molar-refractivity contribution in [3.05, 3.63) is 0 Å². The fourth-order valence-electron chi connectivity index (χ4n) is 1.32. The van der Waals surface area contributed by atoms with Crippen LogP contribution < -0.4 is 5.73 Å². The van der Waals surface area contributed by atoms with Crippen LogP contribution in [0, 0.1) is 0 Å². The lowest BCUT2D eigenvalue weighted by Crippen LogP contribution is -2.42. The first-order chi connectivity index (χ1) is 7.34. The van der Waals surface area contributed by atoms with Crippen LogP contribution in [0.4, 0.5) is 0 Å². The van der Waals surface area contributed by atoms with E-state index in [4.69, 9.17) is 5.73 Å². The summed E-state index contributed by atoms with van der Waals surface area (Å²) < 4.78 is 22.6. The highest BCUT2D eigenvalue weighted by Crippen LogP contribution is 2.05. The molecule has 96 valence electrons. The van der Waals surface area contributed by atoms with Gasteiger partial charge < -0.3 is 10.6 Å². The topological polar surface area (TPSA) is 80.5 Å². The summed E-state index contributed by atoms with van der Waals surface area (Å²) in [4.78, 5) is 13.5. The zero-order chi connectivity index (χ0) is 12.8. The first kappa shape index (κ1) is 15.4. The van der Waals surface area contributed by atoms with E-state index in [0.29, 0.717) is 26.1 Å². The molecule has 0 aliphatic carbocycles. The van der Waals surface area contributed by atoms with Crippen LogP contribution >= 0.6 is 0 Å². The van der Waals surface area contributed by atoms with Crippen LogP contribution in [0.5, 0.6) is 0 Å². The number of amides is 1. The molecule has 5 nitrogen and oxygen atoms in total. The van der Waals surface area contributed by atoms with Gasteiger partial charge in [0.25, 0.3) is 0 Å². The molecule has 6 heteroatoms. The van der Waals surface area contributed by atoms with E-state index in [9.17, 15) is 13.2 Å². The van der Waals surface area contributed by atoms with Crippen molar-refractivity contribution in [2.75, 3.05) is 25.9 Å². The molecule has 0 bridgehead atoms. The fourth-order valence-corrected chi connectivity index (χ4v) is 1.84. The van der Waals surface area contributed by atoms with Gasteiger partial charge in [-0.15, -0.1) is 0 Å². The van der Waals surface area contributed by atoms with Crippen molar-refractivity contribution in [1.29, 1.82) is 0 Å². The van der Waals surface area contributed by atoms with Gasteiger partial charge in [0.1, 0.15) is 5.25 Å². The Hall–Kier alpha value is -0.620. The van der Waals surface area contributed by atoms with Crippen LogP contribution in [0.3, 0.4) is 0 Å². The Morgan fingerprint density at radius 1 is 1.38 bits per heavy atom. The second-order valence-corrected chi connectivity index (χ2v) is 6.31. The van der Waals surface area contributed by atoms with Gasteiger partial charge in [0.05, 0.1) is 0 Å². The van der Waals surface area contributed by atoms with E-state index in [0.717, 1.165) is 12.7 Å². The third-order valence-electron chi connectivity index (χ3n) is 2.43. The average molecular weight is 250 g/mol. The van der Waals surface area contributed by atoms with E-state index in [1.54, 1.807) is 4.90 Å². The highest BCUT2D eigenvalue weighted by molar-refractivity contribution is 7.92. The summed E-state index contributed by atoms with van der Waals surface area (Å²) in [6.07, 6.45) is 2.59. The Bertz CT molecular complexity index is 314. The van der Waals surface area contributed by atoms with Crippen molar-refractivity contribution in [1.82, 2.24) is 4.90 Å². The zero-order valence-electron chi connectivity index (χ0n) is 10.3. The molecule has 0 aliphatic rings. The SMILES string of the molecule is CCCN(CCCN)C(=O)C(C)S(C)(=O)=O. The van der Waals surface area contributed by atoms with Crippen molar-refractivity contribution in [3.8, 4) is 0 Å². The maximum atomic E-state index is 11.9. The number of carbonyl (C=O) groups is 1. The van der Waals surface area contributed by atoms with Crippen LogP contribution in [-0.4, -0.2) is 50.4 Å². The summed E-state index contributed by atoms with van der Waals surface area (Å²) in [6, 6.07) is 0. The molecule has 0 heterocycles. The summed E-state index contributed by atoms with van der Waals surface area (Å²) in [5, 5.41) is -0.961. The van der Waals surface area contributed by atoms with Crippen molar-refractivity contribution < 1.29 is 13.2 Å². The van der Waals surface area contributed by atoms with Crippen LogP contribution in [0.25, 0.3) is 0 Å². The first-order valence-corrected chi connectivity index (χ1v) is 7.47. The molecule has 0 saturated heterocycles. The van der Waals surface area contributed by atoms with Crippen molar-refractivity contribution in [2.24, 2.45) is 5.73 Å². The highest BCUT2D eigenvalue weighted by atomic mass is 32.2. The number of hydrogen-bond donors (Lipinski definition) is 1. The summed E-state index contributed by atoms with van der Waals surface area (Å²) in [5.41, 5.74) is 5.38. The third-order valence-corrected chi connectivity index (χ3v) is 3.91. The van der Waals surface area contributed by atoms with Gasteiger partial charge in [-0.2, -0.15) is 0 Å². The van der Waals surface area contributed by atoms with Crippen molar-refractivity contribution >= 4 is 15.7 Å². The number of rotatable bonds is 7. The molecule has 0 aromatic rings. The lowest BCUT2D eigenvalue weighted by molar-refractivity contribution is -0.130. The molecule has 0 aromatic heterocycles. The monoisotopic (exact) mass is 250 g/mol. The van der Waals surface area contributed by atoms with Crippen LogP contribution in [0.2, 0.25) is 0 Å². The molecule has 0 saturated carbocycles. The predicted octanol–water partition coefficient (Wildman–Crippen LogP) is 0.00690. The molecular weight excluding hydrogens is 228 g/mol. The van der Waals surface area contributed by atoms with Crippen LogP contribution in [-0.2, 0) is 14.6 Å². The van der Waals surface area contributed by atoms with Gasteiger partial charge in [0, 0.05) is 19.3 Å². The number of carbonyl (C=O) groups excluding carboxylic acids is 1. The van der Waals surface area contributed by atoms with Gasteiger partial charge in [0.15, 0.2) is 9.84 Å². The largest absolute Gasteiger partial charge is 0.342 e. The van der Waals surface area contributed by atoms with Gasteiger partial charge in [-0.25, -0.2) is 8.42 Å². The van der Waals surface area contributed by atoms with Gasteiger partial charge in [-0.1, -0.05) is 6.92 Å². The number of nitrogens with zero attached hydrogens (tertiary/aromatic N) is 1. The number of nitrogens with two attached hydrogens (primary N) is 1. The molecule has 1 amide bonds. The lowest BCUT2D eigenvalue weighted by Gasteiger charge is -2.24. The molecule has 1 unspecified atom stereocenters. The Balaban J connectivity index is 4.60. The zero-order valence-corrected chi connectivity index (χ0v) is 11.1. The van der Waals surface area contributed by atoms with Crippen LogP contribution in [0.1, 0.15) is 26.7 Å². The lowest BCUT2D eigenvalue weighted by atomic mass is 10.3. The van der Waals surface area contributed by atoms with E-state index in [2.05, 4.69) is 0 Å². The molecule has 0 fully saturated rings. The number of hydrogen-bond acceptors (Lipinski definition) is 4. The second-order valence-electron chi connectivity index (χ2n) is 3.94. The van der Waals surface area contributed by atoms with Crippen LogP contribution in [0.15, 0.2) is 0 Å². The fraction of sp³-hybridized carbons (Fsp3) is 0.900. The van der Waals surface area contributed by atoms with E-state index in [-0.39, 0.29) is 5.91 Å². The van der Waals surface area contributed by atoms with Gasteiger partial charge >= 0.3 is 0 Å².